The van der Waals surface area contributed by atoms with Crippen molar-refractivity contribution in [2.24, 2.45) is 0 Å². The summed E-state index contributed by atoms with van der Waals surface area (Å²) < 4.78 is 51.8. The Morgan fingerprint density at radius 2 is 1.86 bits per heavy atom. The number of alkyl halides is 3. The van der Waals surface area contributed by atoms with E-state index >= 15 is 0 Å². The maximum Gasteiger partial charge on any atom is 0.453 e. The van der Waals surface area contributed by atoms with Gasteiger partial charge in [-0.05, 0) is 54.3 Å². The van der Waals surface area contributed by atoms with Gasteiger partial charge in [-0.3, -0.25) is 4.79 Å². The third-order valence-electron chi connectivity index (χ3n) is 3.88. The molecule has 1 N–H and O–H groups in total. The van der Waals surface area contributed by atoms with Crippen molar-refractivity contribution >= 4 is 26.9 Å². The molecule has 1 aromatic heterocycles. The van der Waals surface area contributed by atoms with E-state index < -0.39 is 23.1 Å². The van der Waals surface area contributed by atoms with Crippen LogP contribution in [0.15, 0.2) is 50.1 Å². The number of aromatic hydroxyl groups is 1. The minimum atomic E-state index is -4.98. The fourth-order valence-electron chi connectivity index (χ4n) is 2.67. The van der Waals surface area contributed by atoms with Crippen molar-refractivity contribution in [2.75, 3.05) is 14.1 Å². The first-order valence-electron chi connectivity index (χ1n) is 8.05. The molecule has 0 aliphatic heterocycles. The van der Waals surface area contributed by atoms with Gasteiger partial charge in [-0.15, -0.1) is 0 Å². The molecule has 148 valence electrons. The molecular formula is C19H15BrF3NO4. The largest absolute Gasteiger partial charge is 0.507 e. The van der Waals surface area contributed by atoms with Gasteiger partial charge in [0.2, 0.25) is 11.2 Å². The Balaban J connectivity index is 2.32. The number of benzene rings is 2. The minimum absolute atomic E-state index is 0.0342. The predicted octanol–water partition coefficient (Wildman–Crippen LogP) is 5.13. The number of para-hydroxylation sites is 1. The fourth-order valence-corrected chi connectivity index (χ4v) is 3.04. The summed E-state index contributed by atoms with van der Waals surface area (Å²) in [4.78, 5) is 14.5. The van der Waals surface area contributed by atoms with Gasteiger partial charge in [-0.25, -0.2) is 0 Å². The van der Waals surface area contributed by atoms with Crippen molar-refractivity contribution in [3.63, 3.8) is 0 Å². The standard InChI is InChI=1S/C19H15BrF3NO4/c1-24(2)9-11-13(25)8-7-10-15(26)17(18(19(21,22)23)28-16(10)11)27-14-6-4-3-5-12(14)20/h3-8,25H,9H2,1-2H3. The second kappa shape index (κ2) is 7.48. The number of ether oxygens (including phenoxy) is 1. The van der Waals surface area contributed by atoms with Crippen LogP contribution in [0.4, 0.5) is 13.2 Å². The van der Waals surface area contributed by atoms with Gasteiger partial charge in [-0.2, -0.15) is 13.2 Å². The molecule has 0 fully saturated rings. The van der Waals surface area contributed by atoms with Crippen LogP contribution in [0.5, 0.6) is 17.2 Å². The van der Waals surface area contributed by atoms with Gasteiger partial charge in [0.1, 0.15) is 17.1 Å². The normalized spacial score (nSPS) is 12.0. The summed E-state index contributed by atoms with van der Waals surface area (Å²) in [5.74, 6) is -2.76. The van der Waals surface area contributed by atoms with E-state index in [0.29, 0.717) is 4.47 Å². The van der Waals surface area contributed by atoms with Gasteiger partial charge < -0.3 is 19.2 Å². The van der Waals surface area contributed by atoms with Crippen LogP contribution in [0.2, 0.25) is 0 Å². The number of rotatable bonds is 4. The van der Waals surface area contributed by atoms with Crippen LogP contribution < -0.4 is 10.2 Å². The van der Waals surface area contributed by atoms with E-state index in [0.717, 1.165) is 0 Å². The van der Waals surface area contributed by atoms with E-state index in [1.54, 1.807) is 37.2 Å². The first kappa shape index (κ1) is 20.2. The van der Waals surface area contributed by atoms with Crippen LogP contribution in [0.3, 0.4) is 0 Å². The molecule has 0 spiro atoms. The molecule has 0 bridgehead atoms. The Bertz CT molecular complexity index is 1090. The van der Waals surface area contributed by atoms with Crippen molar-refractivity contribution in [1.29, 1.82) is 0 Å². The Hall–Kier alpha value is -2.52. The average molecular weight is 458 g/mol. The van der Waals surface area contributed by atoms with Gasteiger partial charge in [0.05, 0.1) is 15.4 Å². The molecule has 0 atom stereocenters. The molecule has 0 saturated heterocycles. The summed E-state index contributed by atoms with van der Waals surface area (Å²) in [5, 5.41) is 9.95. The highest BCUT2D eigenvalue weighted by molar-refractivity contribution is 9.10. The Morgan fingerprint density at radius 3 is 2.46 bits per heavy atom. The summed E-state index contributed by atoms with van der Waals surface area (Å²) in [5.41, 5.74) is -1.23. The number of hydrogen-bond donors (Lipinski definition) is 1. The smallest absolute Gasteiger partial charge is 0.453 e. The lowest BCUT2D eigenvalue weighted by Crippen LogP contribution is -2.17. The molecule has 0 saturated carbocycles. The van der Waals surface area contributed by atoms with Crippen molar-refractivity contribution < 1.29 is 27.4 Å². The SMILES string of the molecule is CN(C)Cc1c(O)ccc2c(=O)c(Oc3ccccc3Br)c(C(F)(F)F)oc12. The predicted molar refractivity (Wildman–Crippen MR) is 101 cm³/mol. The first-order valence-corrected chi connectivity index (χ1v) is 8.85. The lowest BCUT2D eigenvalue weighted by Gasteiger charge is -2.17. The van der Waals surface area contributed by atoms with Crippen LogP contribution in [-0.2, 0) is 12.7 Å². The summed E-state index contributed by atoms with van der Waals surface area (Å²) in [6.45, 7) is 0.0772. The average Bonchev–Trinajstić information content (AvgIpc) is 2.60. The van der Waals surface area contributed by atoms with E-state index in [1.165, 1.54) is 18.2 Å². The maximum atomic E-state index is 13.7. The van der Waals surface area contributed by atoms with Gasteiger partial charge >= 0.3 is 6.18 Å². The Morgan fingerprint density at radius 1 is 1.18 bits per heavy atom. The fraction of sp³-hybridized carbons (Fsp3) is 0.211. The molecule has 0 radical (unpaired) electrons. The molecule has 9 heteroatoms. The molecular weight excluding hydrogens is 443 g/mol. The highest BCUT2D eigenvalue weighted by Crippen LogP contribution is 2.40. The van der Waals surface area contributed by atoms with Crippen LogP contribution >= 0.6 is 15.9 Å². The number of fused-ring (bicyclic) bond motifs is 1. The van der Waals surface area contributed by atoms with E-state index in [9.17, 15) is 23.1 Å². The first-order chi connectivity index (χ1) is 13.1. The summed E-state index contributed by atoms with van der Waals surface area (Å²) in [7, 11) is 3.34. The van der Waals surface area contributed by atoms with E-state index in [2.05, 4.69) is 15.9 Å². The third-order valence-corrected chi connectivity index (χ3v) is 4.53. The van der Waals surface area contributed by atoms with Crippen molar-refractivity contribution in [3.8, 4) is 17.2 Å². The lowest BCUT2D eigenvalue weighted by molar-refractivity contribution is -0.154. The van der Waals surface area contributed by atoms with E-state index in [1.807, 2.05) is 0 Å². The molecule has 0 unspecified atom stereocenters. The third kappa shape index (κ3) is 3.85. The zero-order valence-electron chi connectivity index (χ0n) is 14.8. The molecule has 3 aromatic rings. The molecule has 1 heterocycles. The van der Waals surface area contributed by atoms with Gasteiger partial charge in [-0.1, -0.05) is 12.1 Å². The van der Waals surface area contributed by atoms with Gasteiger partial charge in [0.25, 0.3) is 5.76 Å². The van der Waals surface area contributed by atoms with Crippen LogP contribution in [-0.4, -0.2) is 24.1 Å². The quantitative estimate of drug-likeness (QED) is 0.587. The summed E-state index contributed by atoms with van der Waals surface area (Å²) in [6, 6.07) is 8.65. The van der Waals surface area contributed by atoms with Gasteiger partial charge in [0, 0.05) is 6.54 Å². The highest BCUT2D eigenvalue weighted by atomic mass is 79.9. The molecule has 5 nitrogen and oxygen atoms in total. The minimum Gasteiger partial charge on any atom is -0.507 e. The van der Waals surface area contributed by atoms with Gasteiger partial charge in [0.15, 0.2) is 0 Å². The maximum absolute atomic E-state index is 13.7. The lowest BCUT2D eigenvalue weighted by atomic mass is 10.1. The van der Waals surface area contributed by atoms with Crippen LogP contribution in [0.1, 0.15) is 11.3 Å². The Labute approximate surface area is 166 Å². The number of phenols is 1. The molecule has 0 amide bonds. The zero-order chi connectivity index (χ0) is 20.6. The van der Waals surface area contributed by atoms with Crippen molar-refractivity contribution in [1.82, 2.24) is 4.90 Å². The topological polar surface area (TPSA) is 62.9 Å². The number of halogens is 4. The van der Waals surface area contributed by atoms with Crippen LogP contribution in [0, 0.1) is 0 Å². The summed E-state index contributed by atoms with van der Waals surface area (Å²) in [6.07, 6.45) is -4.98. The number of phenolic OH excluding ortho intramolecular Hbond substituents is 1. The summed E-state index contributed by atoms with van der Waals surface area (Å²) >= 11 is 3.17. The second-order valence-corrected chi connectivity index (χ2v) is 7.15. The van der Waals surface area contributed by atoms with E-state index in [4.69, 9.17) is 9.15 Å². The van der Waals surface area contributed by atoms with Crippen molar-refractivity contribution in [2.45, 2.75) is 12.7 Å². The Kier molecular flexibility index (Phi) is 5.40. The molecule has 3 rings (SSSR count). The van der Waals surface area contributed by atoms with Crippen molar-refractivity contribution in [3.05, 3.63) is 62.4 Å². The number of nitrogens with zero attached hydrogens (tertiary/aromatic N) is 1. The molecule has 2 aromatic carbocycles. The monoisotopic (exact) mass is 457 g/mol. The number of hydrogen-bond acceptors (Lipinski definition) is 5. The zero-order valence-corrected chi connectivity index (χ0v) is 16.4. The molecule has 0 aliphatic carbocycles. The van der Waals surface area contributed by atoms with E-state index in [-0.39, 0.29) is 34.6 Å². The van der Waals surface area contributed by atoms with Crippen LogP contribution in [0.25, 0.3) is 11.0 Å². The highest BCUT2D eigenvalue weighted by Gasteiger charge is 2.41. The molecule has 28 heavy (non-hydrogen) atoms. The second-order valence-electron chi connectivity index (χ2n) is 6.30. The molecule has 0 aliphatic rings.